The number of hydrogen-bond acceptors (Lipinski definition) is 6. The summed E-state index contributed by atoms with van der Waals surface area (Å²) in [6.45, 7) is 1.65. The maximum absolute atomic E-state index is 11.1. The summed E-state index contributed by atoms with van der Waals surface area (Å²) < 4.78 is 0. The Morgan fingerprint density at radius 2 is 1.90 bits per heavy atom. The highest BCUT2D eigenvalue weighted by molar-refractivity contribution is 6.01. The molecule has 0 fully saturated rings. The SMILES string of the molecule is CC(=Cc1nc(C(=O)O)c(C(=O)O)cc1[N+](=O)[O-])N(C)C. The minimum Gasteiger partial charge on any atom is -0.478 e. The van der Waals surface area contributed by atoms with E-state index in [1.54, 1.807) is 25.9 Å². The van der Waals surface area contributed by atoms with E-state index in [0.717, 1.165) is 0 Å². The predicted molar refractivity (Wildman–Crippen MR) is 72.1 cm³/mol. The number of nitro groups is 1. The molecule has 0 aromatic carbocycles. The number of aromatic carboxylic acids is 2. The molecule has 9 heteroatoms. The first-order valence-corrected chi connectivity index (χ1v) is 5.66. The monoisotopic (exact) mass is 295 g/mol. The van der Waals surface area contributed by atoms with Crippen LogP contribution in [0.2, 0.25) is 0 Å². The number of aromatic nitrogens is 1. The molecule has 0 spiro atoms. The molecule has 1 rings (SSSR count). The Hall–Kier alpha value is -2.97. The predicted octanol–water partition coefficient (Wildman–Crippen LogP) is 1.31. The van der Waals surface area contributed by atoms with Crippen LogP contribution in [0, 0.1) is 10.1 Å². The molecule has 0 atom stereocenters. The molecule has 0 aliphatic rings. The van der Waals surface area contributed by atoms with Crippen LogP contribution >= 0.6 is 0 Å². The summed E-state index contributed by atoms with van der Waals surface area (Å²) in [4.78, 5) is 37.5. The van der Waals surface area contributed by atoms with Gasteiger partial charge < -0.3 is 15.1 Å². The minimum absolute atomic E-state index is 0.214. The van der Waals surface area contributed by atoms with Gasteiger partial charge in [-0.1, -0.05) is 0 Å². The van der Waals surface area contributed by atoms with E-state index in [-0.39, 0.29) is 5.69 Å². The van der Waals surface area contributed by atoms with Crippen LogP contribution in [0.15, 0.2) is 11.8 Å². The zero-order chi connectivity index (χ0) is 16.3. The molecular formula is C12H13N3O6. The minimum atomic E-state index is -1.59. The van der Waals surface area contributed by atoms with Crippen LogP contribution < -0.4 is 0 Å². The summed E-state index contributed by atoms with van der Waals surface area (Å²) in [5, 5.41) is 28.9. The Balaban J connectivity index is 3.67. The second-order valence-electron chi connectivity index (χ2n) is 4.34. The van der Waals surface area contributed by atoms with Crippen molar-refractivity contribution in [3.63, 3.8) is 0 Å². The van der Waals surface area contributed by atoms with Crippen LogP contribution in [0.3, 0.4) is 0 Å². The molecule has 9 nitrogen and oxygen atoms in total. The van der Waals surface area contributed by atoms with Gasteiger partial charge in [0.15, 0.2) is 5.69 Å². The van der Waals surface area contributed by atoms with E-state index in [4.69, 9.17) is 10.2 Å². The molecule has 0 unspecified atom stereocenters. The van der Waals surface area contributed by atoms with Crippen molar-refractivity contribution < 1.29 is 24.7 Å². The second-order valence-corrected chi connectivity index (χ2v) is 4.34. The Kier molecular flexibility index (Phi) is 4.59. The number of rotatable bonds is 5. The lowest BCUT2D eigenvalue weighted by atomic mass is 10.1. The van der Waals surface area contributed by atoms with Crippen LogP contribution in [-0.2, 0) is 0 Å². The summed E-state index contributed by atoms with van der Waals surface area (Å²) in [5.41, 5.74) is -1.67. The van der Waals surface area contributed by atoms with Crippen LogP contribution in [0.1, 0.15) is 33.5 Å². The van der Waals surface area contributed by atoms with Crippen molar-refractivity contribution >= 4 is 23.7 Å². The summed E-state index contributed by atoms with van der Waals surface area (Å²) in [6.07, 6.45) is 1.32. The Bertz CT molecular complexity index is 651. The Morgan fingerprint density at radius 1 is 1.33 bits per heavy atom. The zero-order valence-electron chi connectivity index (χ0n) is 11.5. The van der Waals surface area contributed by atoms with Crippen molar-refractivity contribution in [2.24, 2.45) is 0 Å². The first kappa shape index (κ1) is 16.1. The lowest BCUT2D eigenvalue weighted by Crippen LogP contribution is -2.14. The maximum atomic E-state index is 11.1. The van der Waals surface area contributed by atoms with Gasteiger partial charge >= 0.3 is 11.9 Å². The van der Waals surface area contributed by atoms with Crippen molar-refractivity contribution in [3.8, 4) is 0 Å². The maximum Gasteiger partial charge on any atom is 0.355 e. The summed E-state index contributed by atoms with van der Waals surface area (Å²) in [7, 11) is 3.39. The van der Waals surface area contributed by atoms with Crippen LogP contribution in [-0.4, -0.2) is 51.1 Å². The zero-order valence-corrected chi connectivity index (χ0v) is 11.5. The van der Waals surface area contributed by atoms with Crippen molar-refractivity contribution in [3.05, 3.63) is 38.8 Å². The van der Waals surface area contributed by atoms with Crippen molar-refractivity contribution in [1.82, 2.24) is 9.88 Å². The molecule has 21 heavy (non-hydrogen) atoms. The first-order chi connectivity index (χ1) is 9.65. The molecule has 0 amide bonds. The third-order valence-corrected chi connectivity index (χ3v) is 2.71. The second kappa shape index (κ2) is 5.99. The normalized spacial score (nSPS) is 11.1. The van der Waals surface area contributed by atoms with E-state index in [1.165, 1.54) is 6.08 Å². The van der Waals surface area contributed by atoms with E-state index in [0.29, 0.717) is 11.8 Å². The molecule has 0 aliphatic carbocycles. The number of carbonyl (C=O) groups is 2. The fraction of sp³-hybridized carbons (Fsp3) is 0.250. The average Bonchev–Trinajstić information content (AvgIpc) is 2.37. The number of hydrogen-bond donors (Lipinski definition) is 2. The largest absolute Gasteiger partial charge is 0.478 e. The molecule has 1 heterocycles. The Labute approximate surface area is 119 Å². The van der Waals surface area contributed by atoms with Gasteiger partial charge in [0.05, 0.1) is 10.5 Å². The van der Waals surface area contributed by atoms with E-state index >= 15 is 0 Å². The quantitative estimate of drug-likeness (QED) is 0.613. The molecular weight excluding hydrogens is 282 g/mol. The highest BCUT2D eigenvalue weighted by Crippen LogP contribution is 2.23. The lowest BCUT2D eigenvalue weighted by molar-refractivity contribution is -0.385. The van der Waals surface area contributed by atoms with Gasteiger partial charge in [0, 0.05) is 25.9 Å². The summed E-state index contributed by atoms with van der Waals surface area (Å²) in [5.74, 6) is -3.16. The van der Waals surface area contributed by atoms with E-state index in [2.05, 4.69) is 4.98 Å². The van der Waals surface area contributed by atoms with Gasteiger partial charge in [-0.05, 0) is 13.0 Å². The van der Waals surface area contributed by atoms with Crippen LogP contribution in [0.5, 0.6) is 0 Å². The van der Waals surface area contributed by atoms with Crippen LogP contribution in [0.4, 0.5) is 5.69 Å². The molecule has 0 saturated carbocycles. The molecule has 0 bridgehead atoms. The van der Waals surface area contributed by atoms with Gasteiger partial charge in [-0.15, -0.1) is 0 Å². The summed E-state index contributed by atoms with van der Waals surface area (Å²) in [6, 6.07) is 0.702. The number of carboxylic acid groups (broad SMARTS) is 2. The molecule has 112 valence electrons. The standard InChI is InChI=1S/C12H13N3O6/c1-6(14(2)3)4-8-9(15(20)21)5-7(11(16)17)10(13-8)12(18)19/h4-5H,1-3H3,(H,16,17)(H,18,19). The van der Waals surface area contributed by atoms with Crippen molar-refractivity contribution in [1.29, 1.82) is 0 Å². The first-order valence-electron chi connectivity index (χ1n) is 5.66. The van der Waals surface area contributed by atoms with Crippen LogP contribution in [0.25, 0.3) is 6.08 Å². The molecule has 2 N–H and O–H groups in total. The van der Waals surface area contributed by atoms with Crippen molar-refractivity contribution in [2.75, 3.05) is 14.1 Å². The van der Waals surface area contributed by atoms with Gasteiger partial charge in [-0.25, -0.2) is 14.6 Å². The number of nitrogens with zero attached hydrogens (tertiary/aromatic N) is 3. The fourth-order valence-electron chi connectivity index (χ4n) is 1.42. The smallest absolute Gasteiger partial charge is 0.355 e. The van der Waals surface area contributed by atoms with Gasteiger partial charge in [0.25, 0.3) is 5.69 Å². The lowest BCUT2D eigenvalue weighted by Gasteiger charge is -2.12. The topological polar surface area (TPSA) is 134 Å². The molecule has 1 aromatic heterocycles. The van der Waals surface area contributed by atoms with Gasteiger partial charge in [-0.3, -0.25) is 10.1 Å². The van der Waals surface area contributed by atoms with Gasteiger partial charge in [0.2, 0.25) is 0 Å². The third-order valence-electron chi connectivity index (χ3n) is 2.71. The van der Waals surface area contributed by atoms with E-state index < -0.39 is 33.8 Å². The molecule has 1 aromatic rings. The molecule has 0 radical (unpaired) electrons. The van der Waals surface area contributed by atoms with Gasteiger partial charge in [-0.2, -0.15) is 0 Å². The summed E-state index contributed by atoms with van der Waals surface area (Å²) >= 11 is 0. The Morgan fingerprint density at radius 3 is 2.29 bits per heavy atom. The number of allylic oxidation sites excluding steroid dienone is 1. The number of pyridine rings is 1. The van der Waals surface area contributed by atoms with Gasteiger partial charge in [0.1, 0.15) is 5.69 Å². The highest BCUT2D eigenvalue weighted by atomic mass is 16.6. The van der Waals surface area contributed by atoms with E-state index in [1.807, 2.05) is 0 Å². The average molecular weight is 295 g/mol. The molecule has 0 aliphatic heterocycles. The highest BCUT2D eigenvalue weighted by Gasteiger charge is 2.25. The van der Waals surface area contributed by atoms with Crippen molar-refractivity contribution in [2.45, 2.75) is 6.92 Å². The molecule has 0 saturated heterocycles. The number of carboxylic acids is 2. The third kappa shape index (κ3) is 3.53. The fourth-order valence-corrected chi connectivity index (χ4v) is 1.42. The van der Waals surface area contributed by atoms with E-state index in [9.17, 15) is 19.7 Å².